The molecule has 0 saturated heterocycles. The van der Waals surface area contributed by atoms with E-state index in [1.165, 1.54) is 0 Å². The minimum absolute atomic E-state index is 0.539. The Kier molecular flexibility index (Phi) is 5.05. The van der Waals surface area contributed by atoms with Crippen molar-refractivity contribution >= 4 is 23.1 Å². The zero-order valence-corrected chi connectivity index (χ0v) is 16.0. The largest absolute Gasteiger partial charge is 0.333 e. The van der Waals surface area contributed by atoms with Crippen LogP contribution in [0.3, 0.4) is 0 Å². The number of aryl methyl sites for hydroxylation is 1. The van der Waals surface area contributed by atoms with E-state index in [1.807, 2.05) is 91.0 Å². The summed E-state index contributed by atoms with van der Waals surface area (Å²) in [5.74, 6) is 0. The molecule has 0 fully saturated rings. The number of anilines is 1. The van der Waals surface area contributed by atoms with Crippen LogP contribution in [-0.4, -0.2) is 17.3 Å². The van der Waals surface area contributed by atoms with Gasteiger partial charge in [-0.2, -0.15) is 5.26 Å². The average Bonchev–Trinajstić information content (AvgIpc) is 2.79. The van der Waals surface area contributed by atoms with Gasteiger partial charge >= 0.3 is 0 Å². The summed E-state index contributed by atoms with van der Waals surface area (Å²) < 4.78 is 0. The van der Waals surface area contributed by atoms with Gasteiger partial charge in [-0.25, -0.2) is 0 Å². The van der Waals surface area contributed by atoms with E-state index in [0.29, 0.717) is 5.56 Å². The lowest BCUT2D eigenvalue weighted by Crippen LogP contribution is -2.35. The number of benzene rings is 2. The predicted octanol–water partition coefficient (Wildman–Crippen LogP) is 4.77. The number of nitrogens with zero attached hydrogens (tertiary/aromatic N) is 3. The fourth-order valence-electron chi connectivity index (χ4n) is 3.49. The molecule has 1 unspecified atom stereocenters. The van der Waals surface area contributed by atoms with Gasteiger partial charge in [0.2, 0.25) is 0 Å². The second-order valence-corrected chi connectivity index (χ2v) is 6.89. The molecule has 1 atom stereocenters. The third kappa shape index (κ3) is 3.59. The van der Waals surface area contributed by atoms with Crippen LogP contribution >= 0.6 is 0 Å². The van der Waals surface area contributed by atoms with E-state index in [2.05, 4.69) is 11.1 Å². The van der Waals surface area contributed by atoms with Gasteiger partial charge < -0.3 is 9.69 Å². The van der Waals surface area contributed by atoms with E-state index in [-0.39, 0.29) is 0 Å². The van der Waals surface area contributed by atoms with Crippen molar-refractivity contribution in [1.82, 2.24) is 4.98 Å². The van der Waals surface area contributed by atoms with E-state index < -0.39 is 6.04 Å². The van der Waals surface area contributed by atoms with Crippen LogP contribution < -0.4 is 4.90 Å². The molecule has 0 N–H and O–H groups in total. The Labute approximate surface area is 170 Å². The summed E-state index contributed by atoms with van der Waals surface area (Å²) in [7, 11) is 0. The van der Waals surface area contributed by atoms with Gasteiger partial charge in [-0.05, 0) is 54.0 Å². The van der Waals surface area contributed by atoms with Crippen LogP contribution in [-0.2, 0) is 4.79 Å². The van der Waals surface area contributed by atoms with Crippen LogP contribution in [0.15, 0.2) is 85.2 Å². The Balaban J connectivity index is 1.92. The summed E-state index contributed by atoms with van der Waals surface area (Å²) >= 11 is 0. The number of aldehydes is 1. The van der Waals surface area contributed by atoms with Crippen LogP contribution in [0.1, 0.15) is 22.4 Å². The SMILES string of the molecule is Cc1ccc(C2=CN(c3ccccc3)C(C=O)C(c3ccccc3C#N)=C2)nc1. The monoisotopic (exact) mass is 377 g/mol. The first kappa shape index (κ1) is 18.4. The van der Waals surface area contributed by atoms with Gasteiger partial charge in [0.1, 0.15) is 12.3 Å². The molecular formula is C25H19N3O. The number of allylic oxidation sites excluding steroid dienone is 2. The topological polar surface area (TPSA) is 57.0 Å². The predicted molar refractivity (Wildman–Crippen MR) is 115 cm³/mol. The number of hydrogen-bond acceptors (Lipinski definition) is 4. The molecule has 4 rings (SSSR count). The van der Waals surface area contributed by atoms with Gasteiger partial charge in [0.25, 0.3) is 0 Å². The Morgan fingerprint density at radius 3 is 2.48 bits per heavy atom. The lowest BCUT2D eigenvalue weighted by atomic mass is 9.89. The molecule has 4 nitrogen and oxygen atoms in total. The lowest BCUT2D eigenvalue weighted by Gasteiger charge is -2.33. The van der Waals surface area contributed by atoms with Crippen LogP contribution in [0.4, 0.5) is 5.69 Å². The zero-order chi connectivity index (χ0) is 20.2. The van der Waals surface area contributed by atoms with Crippen molar-refractivity contribution in [3.8, 4) is 6.07 Å². The Bertz CT molecular complexity index is 1140. The molecule has 1 aromatic heterocycles. The summed E-state index contributed by atoms with van der Waals surface area (Å²) in [5, 5.41) is 9.60. The fraction of sp³-hybridized carbons (Fsp3) is 0.0800. The number of pyridine rings is 1. The molecule has 0 saturated carbocycles. The van der Waals surface area contributed by atoms with Gasteiger partial charge in [0.15, 0.2) is 0 Å². The van der Waals surface area contributed by atoms with Crippen LogP contribution in [0.25, 0.3) is 11.1 Å². The third-order valence-corrected chi connectivity index (χ3v) is 4.96. The maximum atomic E-state index is 12.2. The van der Waals surface area contributed by atoms with E-state index in [1.54, 1.807) is 6.07 Å². The second kappa shape index (κ2) is 7.95. The standard InChI is InChI=1S/C25H19N3O/c1-18-11-12-24(27-15-18)20-13-23(22-10-6-5-7-19(22)14-26)25(17-29)28(16-20)21-8-3-2-4-9-21/h2-13,15-17,25H,1H3. The molecule has 1 aliphatic rings. The first-order valence-electron chi connectivity index (χ1n) is 9.36. The number of hydrogen-bond donors (Lipinski definition) is 0. The van der Waals surface area contributed by atoms with Crippen molar-refractivity contribution in [2.45, 2.75) is 13.0 Å². The molecule has 29 heavy (non-hydrogen) atoms. The number of nitriles is 1. The minimum Gasteiger partial charge on any atom is -0.333 e. The molecule has 0 radical (unpaired) electrons. The summed E-state index contributed by atoms with van der Waals surface area (Å²) in [6.07, 6.45) is 6.66. The Morgan fingerprint density at radius 2 is 1.79 bits per heavy atom. The highest BCUT2D eigenvalue weighted by molar-refractivity contribution is 5.99. The fourth-order valence-corrected chi connectivity index (χ4v) is 3.49. The summed E-state index contributed by atoms with van der Waals surface area (Å²) in [4.78, 5) is 18.7. The number of aromatic nitrogens is 1. The smallest absolute Gasteiger partial charge is 0.147 e. The Hall–Kier alpha value is -3.97. The van der Waals surface area contributed by atoms with Crippen molar-refractivity contribution < 1.29 is 4.79 Å². The lowest BCUT2D eigenvalue weighted by molar-refractivity contribution is -0.107. The molecule has 2 aromatic carbocycles. The van der Waals surface area contributed by atoms with Crippen molar-refractivity contribution in [3.63, 3.8) is 0 Å². The molecular weight excluding hydrogens is 358 g/mol. The first-order chi connectivity index (χ1) is 14.2. The number of para-hydroxylation sites is 1. The van der Waals surface area contributed by atoms with Crippen molar-refractivity contribution in [3.05, 3.63) is 108 Å². The quantitative estimate of drug-likeness (QED) is 0.614. The van der Waals surface area contributed by atoms with Crippen molar-refractivity contribution in [2.75, 3.05) is 4.90 Å². The van der Waals surface area contributed by atoms with E-state index in [0.717, 1.165) is 39.9 Å². The van der Waals surface area contributed by atoms with Crippen LogP contribution in [0.2, 0.25) is 0 Å². The third-order valence-electron chi connectivity index (χ3n) is 4.96. The zero-order valence-electron chi connectivity index (χ0n) is 16.0. The Morgan fingerprint density at radius 1 is 1.03 bits per heavy atom. The van der Waals surface area contributed by atoms with Crippen LogP contribution in [0, 0.1) is 18.3 Å². The molecule has 0 bridgehead atoms. The van der Waals surface area contributed by atoms with Crippen molar-refractivity contribution in [1.29, 1.82) is 5.26 Å². The van der Waals surface area contributed by atoms with Gasteiger partial charge in [0.05, 0.1) is 17.3 Å². The van der Waals surface area contributed by atoms with E-state index in [9.17, 15) is 10.1 Å². The summed E-state index contributed by atoms with van der Waals surface area (Å²) in [6.45, 7) is 2.00. The first-order valence-corrected chi connectivity index (χ1v) is 9.36. The van der Waals surface area contributed by atoms with E-state index >= 15 is 0 Å². The number of carbonyl (C=O) groups is 1. The summed E-state index contributed by atoms with van der Waals surface area (Å²) in [5.41, 5.74) is 5.75. The molecule has 1 aliphatic heterocycles. The van der Waals surface area contributed by atoms with Crippen LogP contribution in [0.5, 0.6) is 0 Å². The highest BCUT2D eigenvalue weighted by Crippen LogP contribution is 2.35. The average molecular weight is 377 g/mol. The normalized spacial score (nSPS) is 15.9. The molecule has 0 amide bonds. The number of carbonyl (C=O) groups excluding carboxylic acids is 1. The molecule has 140 valence electrons. The molecule has 0 spiro atoms. The van der Waals surface area contributed by atoms with Gasteiger partial charge in [-0.3, -0.25) is 4.98 Å². The molecule has 0 aliphatic carbocycles. The summed E-state index contributed by atoms with van der Waals surface area (Å²) in [6, 6.07) is 22.8. The minimum atomic E-state index is -0.541. The highest BCUT2D eigenvalue weighted by Gasteiger charge is 2.28. The second-order valence-electron chi connectivity index (χ2n) is 6.89. The van der Waals surface area contributed by atoms with Gasteiger partial charge in [-0.15, -0.1) is 0 Å². The number of rotatable bonds is 4. The highest BCUT2D eigenvalue weighted by atomic mass is 16.1. The molecule has 2 heterocycles. The maximum absolute atomic E-state index is 12.2. The van der Waals surface area contributed by atoms with Gasteiger partial charge in [0, 0.05) is 23.7 Å². The maximum Gasteiger partial charge on any atom is 0.147 e. The molecule has 3 aromatic rings. The van der Waals surface area contributed by atoms with E-state index in [4.69, 9.17) is 0 Å². The van der Waals surface area contributed by atoms with Crippen molar-refractivity contribution in [2.24, 2.45) is 0 Å². The molecule has 4 heteroatoms. The van der Waals surface area contributed by atoms with Gasteiger partial charge in [-0.1, -0.05) is 42.5 Å².